The van der Waals surface area contributed by atoms with Crippen LogP contribution in [0.15, 0.2) is 72.8 Å². The maximum atomic E-state index is 13.1. The van der Waals surface area contributed by atoms with Gasteiger partial charge in [-0.2, -0.15) is 0 Å². The average molecular weight is 420 g/mol. The summed E-state index contributed by atoms with van der Waals surface area (Å²) >= 11 is 0. The predicted molar refractivity (Wildman–Crippen MR) is 121 cm³/mol. The van der Waals surface area contributed by atoms with Crippen molar-refractivity contribution in [2.24, 2.45) is 0 Å². The van der Waals surface area contributed by atoms with Crippen molar-refractivity contribution < 1.29 is 13.9 Å². The fraction of sp³-hybridized carbons (Fsp3) is 0.240. The molecule has 3 aromatic carbocycles. The van der Waals surface area contributed by atoms with E-state index in [4.69, 9.17) is 4.74 Å². The van der Waals surface area contributed by atoms with Gasteiger partial charge >= 0.3 is 0 Å². The van der Waals surface area contributed by atoms with Gasteiger partial charge in [0.2, 0.25) is 0 Å². The number of carbonyl (C=O) groups is 1. The lowest BCUT2D eigenvalue weighted by Crippen LogP contribution is -2.45. The van der Waals surface area contributed by atoms with Crippen molar-refractivity contribution in [3.8, 4) is 5.75 Å². The molecule has 0 aromatic heterocycles. The first-order chi connectivity index (χ1) is 15.1. The van der Waals surface area contributed by atoms with Crippen LogP contribution in [-0.2, 0) is 6.54 Å². The molecule has 31 heavy (non-hydrogen) atoms. The van der Waals surface area contributed by atoms with Crippen LogP contribution in [0.2, 0.25) is 0 Å². The molecule has 0 unspecified atom stereocenters. The van der Waals surface area contributed by atoms with Crippen LogP contribution < -0.4 is 15.0 Å². The number of nitrogens with zero attached hydrogens (tertiary/aromatic N) is 2. The van der Waals surface area contributed by atoms with Crippen molar-refractivity contribution in [3.05, 3.63) is 89.7 Å². The lowest BCUT2D eigenvalue weighted by molar-refractivity contribution is 0.102. The zero-order valence-corrected chi connectivity index (χ0v) is 17.6. The summed E-state index contributed by atoms with van der Waals surface area (Å²) in [4.78, 5) is 17.1. The Labute approximate surface area is 182 Å². The Morgan fingerprint density at radius 1 is 0.903 bits per heavy atom. The van der Waals surface area contributed by atoms with Crippen molar-refractivity contribution in [2.45, 2.75) is 6.54 Å². The highest BCUT2D eigenvalue weighted by Crippen LogP contribution is 2.21. The largest absolute Gasteiger partial charge is 0.497 e. The number of rotatable bonds is 6. The maximum Gasteiger partial charge on any atom is 0.255 e. The molecular weight excluding hydrogens is 393 g/mol. The summed E-state index contributed by atoms with van der Waals surface area (Å²) in [6.45, 7) is 4.60. The molecule has 0 bridgehead atoms. The van der Waals surface area contributed by atoms with E-state index in [9.17, 15) is 9.18 Å². The summed E-state index contributed by atoms with van der Waals surface area (Å²) in [6, 6.07) is 21.7. The number of carbonyl (C=O) groups excluding carboxylic acids is 1. The Kier molecular flexibility index (Phi) is 6.48. The van der Waals surface area contributed by atoms with Crippen LogP contribution in [0.1, 0.15) is 15.9 Å². The molecule has 3 aromatic rings. The number of nitrogens with one attached hydrogen (secondary N) is 1. The summed E-state index contributed by atoms with van der Waals surface area (Å²) in [5.41, 5.74) is 3.62. The molecule has 1 aliphatic rings. The average Bonchev–Trinajstić information content (AvgIpc) is 2.82. The van der Waals surface area contributed by atoms with E-state index >= 15 is 0 Å². The topological polar surface area (TPSA) is 44.8 Å². The highest BCUT2D eigenvalue weighted by Gasteiger charge is 2.17. The van der Waals surface area contributed by atoms with Gasteiger partial charge in [-0.1, -0.05) is 12.1 Å². The molecule has 160 valence electrons. The first-order valence-electron chi connectivity index (χ1n) is 10.4. The Hall–Kier alpha value is -3.38. The van der Waals surface area contributed by atoms with Gasteiger partial charge in [0, 0.05) is 49.7 Å². The van der Waals surface area contributed by atoms with E-state index in [-0.39, 0.29) is 11.7 Å². The zero-order valence-electron chi connectivity index (χ0n) is 17.6. The molecule has 0 radical (unpaired) electrons. The molecule has 0 spiro atoms. The van der Waals surface area contributed by atoms with Crippen molar-refractivity contribution in [1.29, 1.82) is 0 Å². The Bertz CT molecular complexity index is 996. The van der Waals surface area contributed by atoms with Crippen LogP contribution in [0.25, 0.3) is 0 Å². The number of ether oxygens (including phenoxy) is 1. The van der Waals surface area contributed by atoms with E-state index in [0.29, 0.717) is 5.56 Å². The third kappa shape index (κ3) is 5.41. The van der Waals surface area contributed by atoms with E-state index in [1.54, 1.807) is 31.4 Å². The maximum absolute atomic E-state index is 13.1. The lowest BCUT2D eigenvalue weighted by Gasteiger charge is -2.36. The minimum Gasteiger partial charge on any atom is -0.497 e. The standard InChI is InChI=1S/C25H26FN3O2/c1-31-24-12-4-20(5-13-24)25(30)27-22-8-10-23(11-9-22)29-16-14-28(15-17-29)18-19-2-6-21(26)7-3-19/h2-13H,14-18H2,1H3,(H,27,30). The first-order valence-corrected chi connectivity index (χ1v) is 10.4. The van der Waals surface area contributed by atoms with Gasteiger partial charge in [-0.3, -0.25) is 9.69 Å². The zero-order chi connectivity index (χ0) is 21.6. The van der Waals surface area contributed by atoms with Crippen molar-refractivity contribution >= 4 is 17.3 Å². The SMILES string of the molecule is COc1ccc(C(=O)Nc2ccc(N3CCN(Cc4ccc(F)cc4)CC3)cc2)cc1. The first kappa shape index (κ1) is 20.9. The normalized spacial score (nSPS) is 14.3. The van der Waals surface area contributed by atoms with Gasteiger partial charge in [0.15, 0.2) is 0 Å². The van der Waals surface area contributed by atoms with Crippen LogP contribution >= 0.6 is 0 Å². The van der Waals surface area contributed by atoms with E-state index < -0.39 is 0 Å². The monoisotopic (exact) mass is 419 g/mol. The number of benzene rings is 3. The minimum atomic E-state index is -0.197. The molecule has 1 fully saturated rings. The Balaban J connectivity index is 1.29. The number of piperazine rings is 1. The fourth-order valence-electron chi connectivity index (χ4n) is 3.71. The van der Waals surface area contributed by atoms with Crippen LogP contribution in [0.4, 0.5) is 15.8 Å². The summed E-state index contributed by atoms with van der Waals surface area (Å²) in [7, 11) is 1.60. The molecule has 1 amide bonds. The van der Waals surface area contributed by atoms with E-state index in [1.807, 2.05) is 36.4 Å². The third-order valence-electron chi connectivity index (χ3n) is 5.53. The second-order valence-corrected chi connectivity index (χ2v) is 7.62. The second-order valence-electron chi connectivity index (χ2n) is 7.62. The van der Waals surface area contributed by atoms with Crippen LogP contribution in [0.3, 0.4) is 0 Å². The minimum absolute atomic E-state index is 0.148. The summed E-state index contributed by atoms with van der Waals surface area (Å²) in [5.74, 6) is 0.376. The molecule has 0 atom stereocenters. The van der Waals surface area contributed by atoms with Gasteiger partial charge in [0.05, 0.1) is 7.11 Å². The third-order valence-corrected chi connectivity index (χ3v) is 5.53. The fourth-order valence-corrected chi connectivity index (χ4v) is 3.71. The molecule has 6 heteroatoms. The molecule has 1 saturated heterocycles. The second kappa shape index (κ2) is 9.62. The quantitative estimate of drug-likeness (QED) is 0.643. The van der Waals surface area contributed by atoms with Gasteiger partial charge in [-0.05, 0) is 66.2 Å². The number of methoxy groups -OCH3 is 1. The van der Waals surface area contributed by atoms with Crippen LogP contribution in [0, 0.1) is 5.82 Å². The molecule has 0 saturated carbocycles. The predicted octanol–water partition coefficient (Wildman–Crippen LogP) is 4.41. The smallest absolute Gasteiger partial charge is 0.255 e. The molecule has 1 heterocycles. The molecule has 1 N–H and O–H groups in total. The molecule has 1 aliphatic heterocycles. The van der Waals surface area contributed by atoms with E-state index in [2.05, 4.69) is 15.1 Å². The number of hydrogen-bond donors (Lipinski definition) is 1. The van der Waals surface area contributed by atoms with Gasteiger partial charge in [0.1, 0.15) is 11.6 Å². The molecule has 5 nitrogen and oxygen atoms in total. The number of hydrogen-bond acceptors (Lipinski definition) is 4. The Morgan fingerprint density at radius 2 is 1.55 bits per heavy atom. The Morgan fingerprint density at radius 3 is 2.16 bits per heavy atom. The van der Waals surface area contributed by atoms with Crippen LogP contribution in [0.5, 0.6) is 5.75 Å². The summed E-state index contributed by atoms with van der Waals surface area (Å²) < 4.78 is 18.2. The van der Waals surface area contributed by atoms with Gasteiger partial charge < -0.3 is 15.0 Å². The van der Waals surface area contributed by atoms with Crippen molar-refractivity contribution in [2.75, 3.05) is 43.5 Å². The molecule has 0 aliphatic carbocycles. The highest BCUT2D eigenvalue weighted by molar-refractivity contribution is 6.04. The van der Waals surface area contributed by atoms with Gasteiger partial charge in [0.25, 0.3) is 5.91 Å². The van der Waals surface area contributed by atoms with Gasteiger partial charge in [-0.15, -0.1) is 0 Å². The molecule has 4 rings (SSSR count). The van der Waals surface area contributed by atoms with E-state index in [0.717, 1.165) is 55.4 Å². The summed E-state index contributed by atoms with van der Waals surface area (Å²) in [5, 5.41) is 2.93. The highest BCUT2D eigenvalue weighted by atomic mass is 19.1. The lowest BCUT2D eigenvalue weighted by atomic mass is 10.1. The van der Waals surface area contributed by atoms with E-state index in [1.165, 1.54) is 12.1 Å². The van der Waals surface area contributed by atoms with Crippen molar-refractivity contribution in [3.63, 3.8) is 0 Å². The number of amides is 1. The van der Waals surface area contributed by atoms with Gasteiger partial charge in [-0.25, -0.2) is 4.39 Å². The summed E-state index contributed by atoms with van der Waals surface area (Å²) in [6.07, 6.45) is 0. The van der Waals surface area contributed by atoms with Crippen molar-refractivity contribution in [1.82, 2.24) is 4.90 Å². The number of anilines is 2. The van der Waals surface area contributed by atoms with Crippen LogP contribution in [-0.4, -0.2) is 44.1 Å². The number of halogens is 1. The molecular formula is C25H26FN3O2.